The van der Waals surface area contributed by atoms with E-state index < -0.39 is 35.4 Å². The van der Waals surface area contributed by atoms with Crippen LogP contribution in [-0.2, 0) is 35.3 Å². The maximum absolute atomic E-state index is 11.7. The summed E-state index contributed by atoms with van der Waals surface area (Å²) in [6.07, 6.45) is -0.773. The zero-order chi connectivity index (χ0) is 23.3. The van der Waals surface area contributed by atoms with Gasteiger partial charge in [0.2, 0.25) is 17.7 Å². The van der Waals surface area contributed by atoms with Crippen molar-refractivity contribution in [2.24, 2.45) is 0 Å². The molecule has 0 spiro atoms. The van der Waals surface area contributed by atoms with E-state index in [0.717, 1.165) is 5.56 Å². The molecule has 0 atom stereocenters. The molecule has 11 heteroatoms. The molecule has 170 valence electrons. The van der Waals surface area contributed by atoms with Gasteiger partial charge in [0.15, 0.2) is 0 Å². The van der Waals surface area contributed by atoms with Gasteiger partial charge in [-0.25, -0.2) is 4.79 Å². The fourth-order valence-electron chi connectivity index (χ4n) is 2.02. The number of ether oxygens (including phenoxy) is 2. The van der Waals surface area contributed by atoms with E-state index in [2.05, 4.69) is 21.3 Å². The first-order chi connectivity index (χ1) is 14.5. The Morgan fingerprint density at radius 2 is 1.23 bits per heavy atom. The van der Waals surface area contributed by atoms with Gasteiger partial charge in [0.05, 0.1) is 13.1 Å². The Balaban J connectivity index is 2.12. The number of esters is 1. The predicted molar refractivity (Wildman–Crippen MR) is 110 cm³/mol. The Morgan fingerprint density at radius 1 is 0.742 bits per heavy atom. The van der Waals surface area contributed by atoms with Crippen LogP contribution in [-0.4, -0.2) is 61.6 Å². The number of carbonyl (C=O) groups excluding carboxylic acids is 5. The summed E-state index contributed by atoms with van der Waals surface area (Å²) in [6.45, 7) is 3.69. The van der Waals surface area contributed by atoms with E-state index in [1.807, 2.05) is 6.07 Å². The maximum Gasteiger partial charge on any atom is 0.407 e. The summed E-state index contributed by atoms with van der Waals surface area (Å²) in [7, 11) is 0. The molecule has 0 saturated carbocycles. The van der Waals surface area contributed by atoms with E-state index in [1.54, 1.807) is 45.0 Å². The van der Waals surface area contributed by atoms with Gasteiger partial charge in [0, 0.05) is 0 Å². The highest BCUT2D eigenvalue weighted by Gasteiger charge is 2.17. The summed E-state index contributed by atoms with van der Waals surface area (Å²) in [5.74, 6) is -2.42. The van der Waals surface area contributed by atoms with Gasteiger partial charge in [0.25, 0.3) is 0 Å². The van der Waals surface area contributed by atoms with Crippen LogP contribution in [0.15, 0.2) is 30.3 Å². The minimum absolute atomic E-state index is 0.0622. The molecule has 1 aromatic carbocycles. The Morgan fingerprint density at radius 3 is 1.74 bits per heavy atom. The summed E-state index contributed by atoms with van der Waals surface area (Å²) < 4.78 is 9.98. The second kappa shape index (κ2) is 12.8. The highest BCUT2D eigenvalue weighted by atomic mass is 16.6. The molecule has 0 aliphatic rings. The molecule has 31 heavy (non-hydrogen) atoms. The molecule has 4 amide bonds. The van der Waals surface area contributed by atoms with Crippen molar-refractivity contribution in [1.82, 2.24) is 21.3 Å². The number of nitrogens with one attached hydrogen (secondary N) is 4. The smallest absolute Gasteiger partial charge is 0.407 e. The second-order valence-corrected chi connectivity index (χ2v) is 7.33. The summed E-state index contributed by atoms with van der Waals surface area (Å²) in [5.41, 5.74) is 0.135. The SMILES string of the molecule is CC(C)(C)OC(=O)CNC(=O)CNC(=O)CNC(=O)CNC(=O)OCc1ccccc1. The number of alkyl carbamates (subject to hydrolysis) is 1. The molecule has 0 heterocycles. The lowest BCUT2D eigenvalue weighted by Gasteiger charge is -2.19. The normalized spacial score (nSPS) is 10.4. The van der Waals surface area contributed by atoms with Crippen LogP contribution in [0.2, 0.25) is 0 Å². The number of benzene rings is 1. The third-order valence-electron chi connectivity index (χ3n) is 3.35. The van der Waals surface area contributed by atoms with Crippen molar-refractivity contribution in [3.8, 4) is 0 Å². The van der Waals surface area contributed by atoms with Crippen molar-refractivity contribution >= 4 is 29.8 Å². The molecule has 0 aliphatic carbocycles. The maximum atomic E-state index is 11.7. The van der Waals surface area contributed by atoms with E-state index in [-0.39, 0.29) is 32.8 Å². The van der Waals surface area contributed by atoms with Gasteiger partial charge >= 0.3 is 12.1 Å². The molecule has 11 nitrogen and oxygen atoms in total. The molecular formula is C20H28N4O7. The van der Waals surface area contributed by atoms with E-state index in [4.69, 9.17) is 9.47 Å². The van der Waals surface area contributed by atoms with Crippen LogP contribution in [0, 0.1) is 0 Å². The molecule has 0 aromatic heterocycles. The Hall–Kier alpha value is -3.63. The van der Waals surface area contributed by atoms with Gasteiger partial charge in [-0.1, -0.05) is 30.3 Å². The quantitative estimate of drug-likeness (QED) is 0.364. The monoisotopic (exact) mass is 436 g/mol. The molecule has 0 saturated heterocycles. The fourth-order valence-corrected chi connectivity index (χ4v) is 2.02. The summed E-state index contributed by atoms with van der Waals surface area (Å²) >= 11 is 0. The average molecular weight is 436 g/mol. The Bertz CT molecular complexity index is 775. The van der Waals surface area contributed by atoms with Crippen LogP contribution in [0.1, 0.15) is 26.3 Å². The molecule has 0 aliphatic heterocycles. The third kappa shape index (κ3) is 13.3. The number of carbonyl (C=O) groups is 5. The molecule has 1 rings (SSSR count). The summed E-state index contributed by atoms with van der Waals surface area (Å²) in [4.78, 5) is 58.0. The topological polar surface area (TPSA) is 152 Å². The van der Waals surface area contributed by atoms with Crippen molar-refractivity contribution in [1.29, 1.82) is 0 Å². The fraction of sp³-hybridized carbons (Fsp3) is 0.450. The second-order valence-electron chi connectivity index (χ2n) is 7.33. The van der Waals surface area contributed by atoms with Crippen molar-refractivity contribution in [3.63, 3.8) is 0 Å². The van der Waals surface area contributed by atoms with E-state index in [1.165, 1.54) is 0 Å². The van der Waals surface area contributed by atoms with Gasteiger partial charge in [-0.15, -0.1) is 0 Å². The average Bonchev–Trinajstić information content (AvgIpc) is 2.71. The largest absolute Gasteiger partial charge is 0.459 e. The molecule has 0 radical (unpaired) electrons. The molecule has 0 bridgehead atoms. The van der Waals surface area contributed by atoms with Crippen molar-refractivity contribution in [2.45, 2.75) is 33.0 Å². The Labute approximate surface area is 180 Å². The lowest BCUT2D eigenvalue weighted by atomic mass is 10.2. The standard InChI is InChI=1S/C20H28N4O7/c1-20(2,3)31-18(28)12-23-16(26)10-21-15(25)9-22-17(27)11-24-19(29)30-13-14-7-5-4-6-8-14/h4-8H,9-13H2,1-3H3,(H,21,25)(H,22,27)(H,23,26)(H,24,29). The Kier molecular flexibility index (Phi) is 10.5. The first kappa shape index (κ1) is 25.4. The van der Waals surface area contributed by atoms with Crippen LogP contribution < -0.4 is 21.3 Å². The van der Waals surface area contributed by atoms with E-state index >= 15 is 0 Å². The highest BCUT2D eigenvalue weighted by Crippen LogP contribution is 2.06. The van der Waals surface area contributed by atoms with Crippen LogP contribution in [0.25, 0.3) is 0 Å². The van der Waals surface area contributed by atoms with Crippen molar-refractivity contribution in [3.05, 3.63) is 35.9 Å². The zero-order valence-electron chi connectivity index (χ0n) is 17.8. The third-order valence-corrected chi connectivity index (χ3v) is 3.35. The van der Waals surface area contributed by atoms with Crippen molar-refractivity contribution < 1.29 is 33.4 Å². The first-order valence-electron chi connectivity index (χ1n) is 9.51. The van der Waals surface area contributed by atoms with Crippen molar-refractivity contribution in [2.75, 3.05) is 26.2 Å². The predicted octanol–water partition coefficient (Wildman–Crippen LogP) is -0.397. The molecule has 1 aromatic rings. The minimum atomic E-state index is -0.773. The first-order valence-corrected chi connectivity index (χ1v) is 9.51. The molecular weight excluding hydrogens is 408 g/mol. The summed E-state index contributed by atoms with van der Waals surface area (Å²) in [5, 5.41) is 9.13. The minimum Gasteiger partial charge on any atom is -0.459 e. The number of rotatable bonds is 10. The number of hydrogen-bond donors (Lipinski definition) is 4. The number of hydrogen-bond acceptors (Lipinski definition) is 7. The molecule has 0 fully saturated rings. The lowest BCUT2D eigenvalue weighted by molar-refractivity contribution is -0.154. The van der Waals surface area contributed by atoms with Crippen LogP contribution >= 0.6 is 0 Å². The van der Waals surface area contributed by atoms with E-state index in [0.29, 0.717) is 0 Å². The van der Waals surface area contributed by atoms with E-state index in [9.17, 15) is 24.0 Å². The number of amides is 4. The van der Waals surface area contributed by atoms with Crippen LogP contribution in [0.4, 0.5) is 4.79 Å². The lowest BCUT2D eigenvalue weighted by Crippen LogP contribution is -2.45. The molecule has 0 unspecified atom stereocenters. The molecule has 4 N–H and O–H groups in total. The zero-order valence-corrected chi connectivity index (χ0v) is 17.8. The van der Waals surface area contributed by atoms with Gasteiger partial charge in [-0.2, -0.15) is 0 Å². The van der Waals surface area contributed by atoms with Gasteiger partial charge in [-0.05, 0) is 26.3 Å². The van der Waals surface area contributed by atoms with Crippen LogP contribution in [0.5, 0.6) is 0 Å². The van der Waals surface area contributed by atoms with Crippen LogP contribution in [0.3, 0.4) is 0 Å². The van der Waals surface area contributed by atoms with Gasteiger partial charge in [-0.3, -0.25) is 19.2 Å². The summed E-state index contributed by atoms with van der Waals surface area (Å²) in [6, 6.07) is 9.02. The highest BCUT2D eigenvalue weighted by molar-refractivity contribution is 5.90. The van der Waals surface area contributed by atoms with Gasteiger partial charge < -0.3 is 30.7 Å². The van der Waals surface area contributed by atoms with Gasteiger partial charge in [0.1, 0.15) is 25.3 Å².